The van der Waals surface area contributed by atoms with Crippen molar-refractivity contribution in [2.24, 2.45) is 0 Å². The van der Waals surface area contributed by atoms with E-state index in [0.29, 0.717) is 11.3 Å². The van der Waals surface area contributed by atoms with E-state index in [-0.39, 0.29) is 5.91 Å². The van der Waals surface area contributed by atoms with Crippen molar-refractivity contribution in [3.8, 4) is 0 Å². The van der Waals surface area contributed by atoms with Gasteiger partial charge in [0, 0.05) is 17.3 Å². The van der Waals surface area contributed by atoms with Crippen molar-refractivity contribution in [1.82, 2.24) is 0 Å². The Labute approximate surface area is 94.9 Å². The van der Waals surface area contributed by atoms with E-state index >= 15 is 0 Å². The molecule has 0 spiro atoms. The monoisotopic (exact) mass is 210 g/mol. The number of rotatable bonds is 2. The number of nitrogens with one attached hydrogen (secondary N) is 1. The van der Waals surface area contributed by atoms with Crippen molar-refractivity contribution in [1.29, 1.82) is 0 Å². The molecule has 0 atom stereocenters. The molecule has 0 saturated carbocycles. The number of amides is 1. The molecule has 2 aromatic rings. The fraction of sp³-hybridized carbons (Fsp3) is 0.0714. The molecular formula is C14H12NO. The maximum absolute atomic E-state index is 11.8. The first-order valence-corrected chi connectivity index (χ1v) is 5.10. The van der Waals surface area contributed by atoms with E-state index in [9.17, 15) is 4.79 Å². The van der Waals surface area contributed by atoms with Gasteiger partial charge < -0.3 is 5.32 Å². The van der Waals surface area contributed by atoms with Crippen molar-refractivity contribution < 1.29 is 4.79 Å². The second-order valence-corrected chi connectivity index (χ2v) is 3.60. The minimum absolute atomic E-state index is 0.110. The third kappa shape index (κ3) is 2.48. The molecular weight excluding hydrogens is 198 g/mol. The molecule has 0 bridgehead atoms. The molecule has 1 amide bonds. The number of carbonyl (C=O) groups excluding carboxylic acids is 1. The standard InChI is InChI=1S/C14H12NO/c1-11-7-9-13(10-8-11)15-14(16)12-5-3-2-4-6-12/h2-9H,1H3,(H,15,16). The number of anilines is 1. The van der Waals surface area contributed by atoms with Crippen molar-refractivity contribution in [3.63, 3.8) is 0 Å². The van der Waals surface area contributed by atoms with Crippen LogP contribution in [-0.4, -0.2) is 5.91 Å². The number of carbonyl (C=O) groups is 1. The van der Waals surface area contributed by atoms with Crippen molar-refractivity contribution in [2.75, 3.05) is 5.32 Å². The number of hydrogen-bond acceptors (Lipinski definition) is 1. The fourth-order valence-corrected chi connectivity index (χ4v) is 1.36. The van der Waals surface area contributed by atoms with Crippen LogP contribution in [0.2, 0.25) is 0 Å². The van der Waals surface area contributed by atoms with E-state index in [1.165, 1.54) is 0 Å². The maximum Gasteiger partial charge on any atom is 0.255 e. The van der Waals surface area contributed by atoms with E-state index in [1.54, 1.807) is 12.1 Å². The molecule has 16 heavy (non-hydrogen) atoms. The average molecular weight is 210 g/mol. The van der Waals surface area contributed by atoms with Gasteiger partial charge in [0.15, 0.2) is 0 Å². The van der Waals surface area contributed by atoms with Gasteiger partial charge in [-0.2, -0.15) is 0 Å². The van der Waals surface area contributed by atoms with Gasteiger partial charge in [0.1, 0.15) is 0 Å². The molecule has 2 heteroatoms. The highest BCUT2D eigenvalue weighted by molar-refractivity contribution is 6.04. The van der Waals surface area contributed by atoms with Crippen molar-refractivity contribution in [2.45, 2.75) is 6.92 Å². The summed E-state index contributed by atoms with van der Waals surface area (Å²) in [5.41, 5.74) is 2.47. The maximum atomic E-state index is 11.8. The van der Waals surface area contributed by atoms with Gasteiger partial charge in [-0.05, 0) is 31.2 Å². The summed E-state index contributed by atoms with van der Waals surface area (Å²) < 4.78 is 0. The quantitative estimate of drug-likeness (QED) is 0.811. The van der Waals surface area contributed by atoms with Crippen LogP contribution < -0.4 is 5.32 Å². The molecule has 2 aromatic carbocycles. The van der Waals surface area contributed by atoms with E-state index in [1.807, 2.05) is 43.3 Å². The van der Waals surface area contributed by atoms with Crippen LogP contribution in [0.25, 0.3) is 0 Å². The third-order valence-electron chi connectivity index (χ3n) is 2.25. The van der Waals surface area contributed by atoms with Gasteiger partial charge in [-0.1, -0.05) is 29.8 Å². The Morgan fingerprint density at radius 1 is 1.12 bits per heavy atom. The summed E-state index contributed by atoms with van der Waals surface area (Å²) in [6.45, 7) is 1.99. The van der Waals surface area contributed by atoms with Crippen LogP contribution in [-0.2, 0) is 0 Å². The first-order chi connectivity index (χ1) is 7.75. The summed E-state index contributed by atoms with van der Waals surface area (Å²) >= 11 is 0. The lowest BCUT2D eigenvalue weighted by Crippen LogP contribution is -2.11. The number of aryl methyl sites for hydroxylation is 1. The molecule has 2 rings (SSSR count). The largest absolute Gasteiger partial charge is 0.321 e. The van der Waals surface area contributed by atoms with Crippen LogP contribution in [0.3, 0.4) is 0 Å². The molecule has 79 valence electrons. The van der Waals surface area contributed by atoms with Gasteiger partial charge in [0.05, 0.1) is 0 Å². The van der Waals surface area contributed by atoms with E-state index in [4.69, 9.17) is 0 Å². The minimum atomic E-state index is -0.110. The van der Waals surface area contributed by atoms with Crippen LogP contribution in [0, 0.1) is 13.0 Å². The smallest absolute Gasteiger partial charge is 0.255 e. The highest BCUT2D eigenvalue weighted by Crippen LogP contribution is 2.09. The Morgan fingerprint density at radius 3 is 2.50 bits per heavy atom. The molecule has 0 unspecified atom stereocenters. The molecule has 0 aliphatic rings. The van der Waals surface area contributed by atoms with Gasteiger partial charge in [-0.25, -0.2) is 0 Å². The van der Waals surface area contributed by atoms with Gasteiger partial charge >= 0.3 is 0 Å². The summed E-state index contributed by atoms with van der Waals surface area (Å²) in [7, 11) is 0. The molecule has 0 aliphatic heterocycles. The van der Waals surface area contributed by atoms with Crippen molar-refractivity contribution >= 4 is 11.6 Å². The van der Waals surface area contributed by atoms with Crippen LogP contribution in [0.4, 0.5) is 5.69 Å². The molecule has 0 aromatic heterocycles. The van der Waals surface area contributed by atoms with Crippen LogP contribution >= 0.6 is 0 Å². The average Bonchev–Trinajstić information content (AvgIpc) is 2.33. The zero-order valence-corrected chi connectivity index (χ0v) is 9.03. The minimum Gasteiger partial charge on any atom is -0.321 e. The normalized spacial score (nSPS) is 9.81. The summed E-state index contributed by atoms with van der Waals surface area (Å²) in [4.78, 5) is 11.8. The second-order valence-electron chi connectivity index (χ2n) is 3.60. The Hall–Kier alpha value is -2.09. The lowest BCUT2D eigenvalue weighted by molar-refractivity contribution is 0.102. The van der Waals surface area contributed by atoms with Crippen LogP contribution in [0.1, 0.15) is 15.9 Å². The fourth-order valence-electron chi connectivity index (χ4n) is 1.36. The molecule has 0 heterocycles. The zero-order valence-electron chi connectivity index (χ0n) is 9.03. The highest BCUT2D eigenvalue weighted by Gasteiger charge is 2.04. The zero-order chi connectivity index (χ0) is 11.4. The lowest BCUT2D eigenvalue weighted by Gasteiger charge is -2.04. The number of benzene rings is 2. The van der Waals surface area contributed by atoms with E-state index in [0.717, 1.165) is 5.56 Å². The molecule has 0 aliphatic carbocycles. The van der Waals surface area contributed by atoms with Crippen molar-refractivity contribution in [3.05, 3.63) is 65.7 Å². The third-order valence-corrected chi connectivity index (χ3v) is 2.25. The van der Waals surface area contributed by atoms with Gasteiger partial charge in [0.2, 0.25) is 0 Å². The highest BCUT2D eigenvalue weighted by atomic mass is 16.1. The Balaban J connectivity index is 2.11. The molecule has 1 radical (unpaired) electrons. The molecule has 0 fully saturated rings. The Kier molecular flexibility index (Phi) is 3.01. The molecule has 0 saturated heterocycles. The molecule has 2 nitrogen and oxygen atoms in total. The van der Waals surface area contributed by atoms with Gasteiger partial charge in [0.25, 0.3) is 5.91 Å². The van der Waals surface area contributed by atoms with Gasteiger partial charge in [-0.3, -0.25) is 4.79 Å². The summed E-state index contributed by atoms with van der Waals surface area (Å²) in [5.74, 6) is -0.110. The lowest BCUT2D eigenvalue weighted by atomic mass is 10.2. The first kappa shape index (κ1) is 10.4. The number of hydrogen-bond donors (Lipinski definition) is 1. The summed E-state index contributed by atoms with van der Waals surface area (Å²) in [5, 5.41) is 2.79. The Morgan fingerprint density at radius 2 is 1.88 bits per heavy atom. The first-order valence-electron chi connectivity index (χ1n) is 5.10. The predicted molar refractivity (Wildman–Crippen MR) is 64.4 cm³/mol. The van der Waals surface area contributed by atoms with Crippen LogP contribution in [0.5, 0.6) is 0 Å². The SMILES string of the molecule is Cc1c[c]c(NC(=O)c2ccccc2)cc1. The van der Waals surface area contributed by atoms with Crippen LogP contribution in [0.15, 0.2) is 48.5 Å². The van der Waals surface area contributed by atoms with Gasteiger partial charge in [-0.15, -0.1) is 0 Å². The summed E-state index contributed by atoms with van der Waals surface area (Å²) in [6, 6.07) is 17.8. The Bertz CT molecular complexity index is 474. The predicted octanol–water partition coefficient (Wildman–Crippen LogP) is 3.05. The topological polar surface area (TPSA) is 29.1 Å². The molecule has 1 N–H and O–H groups in total. The summed E-state index contributed by atoms with van der Waals surface area (Å²) in [6.07, 6.45) is 0. The van der Waals surface area contributed by atoms with E-state index in [2.05, 4.69) is 11.4 Å². The van der Waals surface area contributed by atoms with E-state index < -0.39 is 0 Å². The second kappa shape index (κ2) is 4.62.